The molecular formula is C17H20Cl2FN3O4S. The summed E-state index contributed by atoms with van der Waals surface area (Å²) in [5.41, 5.74) is 6.28. The zero-order valence-corrected chi connectivity index (χ0v) is 17.5. The van der Waals surface area contributed by atoms with E-state index < -0.39 is 32.8 Å². The fourth-order valence-electron chi connectivity index (χ4n) is 2.50. The van der Waals surface area contributed by atoms with Crippen LogP contribution in [0.25, 0.3) is 0 Å². The van der Waals surface area contributed by atoms with Crippen molar-refractivity contribution in [3.63, 3.8) is 0 Å². The van der Waals surface area contributed by atoms with Crippen LogP contribution >= 0.6 is 24.0 Å². The van der Waals surface area contributed by atoms with Crippen LogP contribution in [0.3, 0.4) is 0 Å². The number of benzene rings is 2. The molecule has 0 aliphatic heterocycles. The van der Waals surface area contributed by atoms with Crippen molar-refractivity contribution in [1.29, 1.82) is 0 Å². The number of nitrogens with two attached hydrogens (primary N) is 1. The van der Waals surface area contributed by atoms with E-state index in [2.05, 4.69) is 0 Å². The average molecular weight is 452 g/mol. The molecule has 0 spiro atoms. The number of non-ortho nitro benzene ring substituents is 1. The van der Waals surface area contributed by atoms with Gasteiger partial charge in [-0.15, -0.1) is 12.4 Å². The summed E-state index contributed by atoms with van der Waals surface area (Å²) >= 11 is 5.66. The predicted octanol–water partition coefficient (Wildman–Crippen LogP) is 3.91. The van der Waals surface area contributed by atoms with Crippen molar-refractivity contribution >= 4 is 39.7 Å². The van der Waals surface area contributed by atoms with Gasteiger partial charge in [-0.2, -0.15) is 4.31 Å². The first kappa shape index (κ1) is 24.3. The highest BCUT2D eigenvalue weighted by Crippen LogP contribution is 2.25. The third-order valence-electron chi connectivity index (χ3n) is 3.98. The van der Waals surface area contributed by atoms with Crippen molar-refractivity contribution in [2.75, 3.05) is 6.54 Å². The first-order valence-corrected chi connectivity index (χ1v) is 9.82. The van der Waals surface area contributed by atoms with Crippen molar-refractivity contribution in [1.82, 2.24) is 4.31 Å². The number of hydrogen-bond donors (Lipinski definition) is 1. The smallest absolute Gasteiger partial charge is 0.269 e. The van der Waals surface area contributed by atoms with Crippen LogP contribution in [0.1, 0.15) is 25.5 Å². The maximum atomic E-state index is 13.7. The second kappa shape index (κ2) is 9.62. The first-order valence-electron chi connectivity index (χ1n) is 8.01. The minimum absolute atomic E-state index is 0. The van der Waals surface area contributed by atoms with E-state index in [-0.39, 0.29) is 34.6 Å². The van der Waals surface area contributed by atoms with Crippen LogP contribution < -0.4 is 5.73 Å². The lowest BCUT2D eigenvalue weighted by atomic mass is 10.1. The number of nitrogens with zero attached hydrogens (tertiary/aromatic N) is 2. The molecule has 2 aromatic rings. The molecule has 11 heteroatoms. The zero-order chi connectivity index (χ0) is 20.4. The SMILES string of the molecule is CC(C)N(CC(N)c1ccc(Cl)c(F)c1)S(=O)(=O)c1ccc([N+](=O)[O-])cc1.Cl. The molecule has 0 radical (unpaired) electrons. The van der Waals surface area contributed by atoms with Gasteiger partial charge in [0.15, 0.2) is 0 Å². The van der Waals surface area contributed by atoms with Gasteiger partial charge in [0, 0.05) is 30.8 Å². The van der Waals surface area contributed by atoms with Crippen LogP contribution in [-0.4, -0.2) is 30.2 Å². The van der Waals surface area contributed by atoms with E-state index in [1.54, 1.807) is 13.8 Å². The molecule has 7 nitrogen and oxygen atoms in total. The van der Waals surface area contributed by atoms with E-state index >= 15 is 0 Å². The minimum atomic E-state index is -3.95. The van der Waals surface area contributed by atoms with E-state index in [1.165, 1.54) is 34.6 Å². The van der Waals surface area contributed by atoms with Crippen LogP contribution in [0.2, 0.25) is 5.02 Å². The summed E-state index contributed by atoms with van der Waals surface area (Å²) in [7, 11) is -3.95. The number of rotatable bonds is 7. The molecule has 1 atom stereocenters. The van der Waals surface area contributed by atoms with E-state index in [1.807, 2.05) is 0 Å². The Morgan fingerprint density at radius 3 is 2.25 bits per heavy atom. The highest BCUT2D eigenvalue weighted by molar-refractivity contribution is 7.89. The van der Waals surface area contributed by atoms with Crippen molar-refractivity contribution < 1.29 is 17.7 Å². The Kier molecular flexibility index (Phi) is 8.33. The van der Waals surface area contributed by atoms with E-state index in [4.69, 9.17) is 17.3 Å². The Bertz CT molecular complexity index is 940. The molecule has 0 aliphatic rings. The topological polar surface area (TPSA) is 107 Å². The van der Waals surface area contributed by atoms with Crippen LogP contribution in [-0.2, 0) is 10.0 Å². The van der Waals surface area contributed by atoms with Gasteiger partial charge in [0.1, 0.15) is 5.82 Å². The third kappa shape index (κ3) is 5.39. The molecule has 0 fully saturated rings. The van der Waals surface area contributed by atoms with Gasteiger partial charge in [-0.05, 0) is 43.7 Å². The highest BCUT2D eigenvalue weighted by Gasteiger charge is 2.29. The van der Waals surface area contributed by atoms with Gasteiger partial charge in [-0.1, -0.05) is 17.7 Å². The van der Waals surface area contributed by atoms with Gasteiger partial charge < -0.3 is 5.73 Å². The summed E-state index contributed by atoms with van der Waals surface area (Å²) in [5.74, 6) is -0.640. The zero-order valence-electron chi connectivity index (χ0n) is 15.1. The quantitative estimate of drug-likeness (QED) is 0.507. The molecule has 0 bridgehead atoms. The normalized spacial score (nSPS) is 12.7. The predicted molar refractivity (Wildman–Crippen MR) is 108 cm³/mol. The maximum absolute atomic E-state index is 13.7. The fourth-order valence-corrected chi connectivity index (χ4v) is 4.28. The Labute approximate surface area is 173 Å². The molecule has 0 aromatic heterocycles. The van der Waals surface area contributed by atoms with Crippen molar-refractivity contribution in [2.24, 2.45) is 5.73 Å². The van der Waals surface area contributed by atoms with Gasteiger partial charge in [-0.3, -0.25) is 10.1 Å². The third-order valence-corrected chi connectivity index (χ3v) is 6.34. The molecule has 28 heavy (non-hydrogen) atoms. The van der Waals surface area contributed by atoms with Crippen LogP contribution in [0.15, 0.2) is 47.4 Å². The highest BCUT2D eigenvalue weighted by atomic mass is 35.5. The molecule has 2 aromatic carbocycles. The summed E-state index contributed by atoms with van der Waals surface area (Å²) in [6.45, 7) is 3.26. The van der Waals surface area contributed by atoms with E-state index in [9.17, 15) is 22.9 Å². The molecule has 2 N–H and O–H groups in total. The van der Waals surface area contributed by atoms with Crippen molar-refractivity contribution in [2.45, 2.75) is 30.8 Å². The number of halogens is 3. The molecule has 0 saturated carbocycles. The molecule has 0 aliphatic carbocycles. The number of hydrogen-bond acceptors (Lipinski definition) is 5. The lowest BCUT2D eigenvalue weighted by Crippen LogP contribution is -2.41. The van der Waals surface area contributed by atoms with Gasteiger partial charge in [0.25, 0.3) is 5.69 Å². The maximum Gasteiger partial charge on any atom is 0.269 e. The lowest BCUT2D eigenvalue weighted by Gasteiger charge is -2.28. The standard InChI is InChI=1S/C17H19ClFN3O4S.ClH/c1-11(2)21(10-17(20)12-3-8-15(18)16(19)9-12)27(25,26)14-6-4-13(5-7-14)22(23)24;/h3-9,11,17H,10,20H2,1-2H3;1H. The Morgan fingerprint density at radius 1 is 1.21 bits per heavy atom. The second-order valence-corrected chi connectivity index (χ2v) is 8.50. The summed E-state index contributed by atoms with van der Waals surface area (Å²) in [4.78, 5) is 10.1. The monoisotopic (exact) mass is 451 g/mol. The molecule has 2 rings (SSSR count). The van der Waals surface area contributed by atoms with Gasteiger partial charge >= 0.3 is 0 Å². The molecule has 0 heterocycles. The summed E-state index contributed by atoms with van der Waals surface area (Å²) in [6.07, 6.45) is 0. The van der Waals surface area contributed by atoms with Crippen LogP contribution in [0, 0.1) is 15.9 Å². The van der Waals surface area contributed by atoms with Crippen LogP contribution in [0.4, 0.5) is 10.1 Å². The van der Waals surface area contributed by atoms with Crippen molar-refractivity contribution in [3.05, 3.63) is 69.0 Å². The molecular weight excluding hydrogens is 432 g/mol. The summed E-state index contributed by atoms with van der Waals surface area (Å²) in [5, 5.41) is 10.7. The van der Waals surface area contributed by atoms with Crippen LogP contribution in [0.5, 0.6) is 0 Å². The molecule has 154 valence electrons. The average Bonchev–Trinajstić information content (AvgIpc) is 2.61. The minimum Gasteiger partial charge on any atom is -0.323 e. The fraction of sp³-hybridized carbons (Fsp3) is 0.294. The van der Waals surface area contributed by atoms with E-state index in [0.717, 1.165) is 12.1 Å². The number of sulfonamides is 1. The van der Waals surface area contributed by atoms with Gasteiger partial charge in [-0.25, -0.2) is 12.8 Å². The first-order chi connectivity index (χ1) is 12.5. The number of nitro benzene ring substituents is 1. The molecule has 0 amide bonds. The lowest BCUT2D eigenvalue weighted by molar-refractivity contribution is -0.384. The molecule has 1 unspecified atom stereocenters. The molecule has 0 saturated heterocycles. The second-order valence-electron chi connectivity index (χ2n) is 6.20. The Morgan fingerprint density at radius 2 is 1.79 bits per heavy atom. The van der Waals surface area contributed by atoms with Crippen molar-refractivity contribution in [3.8, 4) is 0 Å². The largest absolute Gasteiger partial charge is 0.323 e. The van der Waals surface area contributed by atoms with Gasteiger partial charge in [0.05, 0.1) is 14.8 Å². The Hall–Kier alpha value is -1.78. The summed E-state index contributed by atoms with van der Waals surface area (Å²) < 4.78 is 40.7. The summed E-state index contributed by atoms with van der Waals surface area (Å²) in [6, 6.07) is 7.44. The van der Waals surface area contributed by atoms with E-state index in [0.29, 0.717) is 5.56 Å². The Balaban J connectivity index is 0.00000392. The van der Waals surface area contributed by atoms with Gasteiger partial charge in [0.2, 0.25) is 10.0 Å². The number of nitro groups is 1.